The molecule has 0 heterocycles. The van der Waals surface area contributed by atoms with Crippen molar-refractivity contribution >= 4 is 30.4 Å². The Hall–Kier alpha value is 0.874. The summed E-state index contributed by atoms with van der Waals surface area (Å²) in [5.41, 5.74) is 0. The summed E-state index contributed by atoms with van der Waals surface area (Å²) in [5, 5.41) is 0. The summed E-state index contributed by atoms with van der Waals surface area (Å²) in [5.74, 6) is 0. The normalized spacial score (nSPS) is 14.4. The minimum Gasteiger partial charge on any atom is -0.340 e. The average molecular weight is 240 g/mol. The predicted octanol–water partition coefficient (Wildman–Crippen LogP) is 2.85. The van der Waals surface area contributed by atoms with E-state index in [1.54, 1.807) is 0 Å². The second kappa shape index (κ2) is 3.09. The van der Waals surface area contributed by atoms with Crippen LogP contribution in [0.4, 0.5) is 0 Å². The van der Waals surface area contributed by atoms with Crippen LogP contribution in [0.15, 0.2) is 0 Å². The third-order valence-electron chi connectivity index (χ3n) is 1.80. The summed E-state index contributed by atoms with van der Waals surface area (Å²) in [7, 11) is 1.20. The number of halogens is 1. The highest BCUT2D eigenvalue weighted by atomic mass is 79.9. The highest BCUT2D eigenvalue weighted by molar-refractivity contribution is 9.26. The maximum absolute atomic E-state index is 3.78. The standard InChI is InChI=1S/C6H18BrNSi2/c1-8(9(2,3)4)10(5,6)7/h1-6H3. The van der Waals surface area contributed by atoms with Crippen LogP contribution in [-0.2, 0) is 0 Å². The summed E-state index contributed by atoms with van der Waals surface area (Å²) in [4.78, 5) is 0. The number of hydrogen-bond donors (Lipinski definition) is 0. The molecule has 0 aliphatic carbocycles. The SMILES string of the molecule is CN([Si](C)(C)C)[Si](C)(C)Br. The smallest absolute Gasteiger partial charge is 0.189 e. The van der Waals surface area contributed by atoms with E-state index in [9.17, 15) is 0 Å². The number of nitrogens with zero attached hydrogens (tertiary/aromatic N) is 1. The van der Waals surface area contributed by atoms with E-state index < -0.39 is 15.1 Å². The van der Waals surface area contributed by atoms with Gasteiger partial charge in [0, 0.05) is 0 Å². The van der Waals surface area contributed by atoms with Gasteiger partial charge in [-0.25, -0.2) is 0 Å². The molecule has 0 saturated carbocycles. The first kappa shape index (κ1) is 10.9. The van der Waals surface area contributed by atoms with Crippen molar-refractivity contribution in [3.05, 3.63) is 0 Å². The van der Waals surface area contributed by atoms with Crippen LogP contribution in [0, 0.1) is 0 Å². The Morgan fingerprint density at radius 2 is 1.30 bits per heavy atom. The van der Waals surface area contributed by atoms with Crippen molar-refractivity contribution in [2.75, 3.05) is 7.05 Å². The van der Waals surface area contributed by atoms with E-state index in [1.807, 2.05) is 0 Å². The van der Waals surface area contributed by atoms with Gasteiger partial charge in [-0.2, -0.15) is 0 Å². The van der Waals surface area contributed by atoms with Crippen LogP contribution in [0.5, 0.6) is 0 Å². The van der Waals surface area contributed by atoms with E-state index >= 15 is 0 Å². The first-order valence-electron chi connectivity index (χ1n) is 3.58. The Kier molecular flexibility index (Phi) is 3.36. The fourth-order valence-corrected chi connectivity index (χ4v) is 12.0. The van der Waals surface area contributed by atoms with Gasteiger partial charge in [0.05, 0.1) is 0 Å². The molecule has 0 atom stereocenters. The molecule has 0 aromatic carbocycles. The quantitative estimate of drug-likeness (QED) is 0.530. The van der Waals surface area contributed by atoms with E-state index in [-0.39, 0.29) is 0 Å². The molecule has 0 radical (unpaired) electrons. The molecule has 10 heavy (non-hydrogen) atoms. The monoisotopic (exact) mass is 239 g/mol. The fraction of sp³-hybridized carbons (Fsp3) is 1.00. The first-order chi connectivity index (χ1) is 4.15. The van der Waals surface area contributed by atoms with Crippen molar-refractivity contribution in [1.82, 2.24) is 4.23 Å². The summed E-state index contributed by atoms with van der Waals surface area (Å²) >= 11 is 3.78. The molecule has 62 valence electrons. The molecule has 0 amide bonds. The average Bonchev–Trinajstić information content (AvgIpc) is 1.59. The minimum atomic E-state index is -1.19. The van der Waals surface area contributed by atoms with E-state index in [2.05, 4.69) is 59.3 Å². The van der Waals surface area contributed by atoms with Crippen molar-refractivity contribution in [1.29, 1.82) is 0 Å². The Morgan fingerprint density at radius 1 is 1.00 bits per heavy atom. The van der Waals surface area contributed by atoms with Gasteiger partial charge < -0.3 is 4.23 Å². The van der Waals surface area contributed by atoms with Gasteiger partial charge in [-0.15, -0.1) is 15.3 Å². The molecule has 0 spiro atoms. The van der Waals surface area contributed by atoms with Crippen LogP contribution in [0.25, 0.3) is 0 Å². The molecule has 0 aromatic rings. The van der Waals surface area contributed by atoms with E-state index in [0.29, 0.717) is 0 Å². The molecular weight excluding hydrogens is 222 g/mol. The topological polar surface area (TPSA) is 3.24 Å². The second-order valence-electron chi connectivity index (χ2n) is 4.14. The van der Waals surface area contributed by atoms with E-state index in [0.717, 1.165) is 0 Å². The van der Waals surface area contributed by atoms with Gasteiger partial charge in [0.1, 0.15) is 8.24 Å². The molecule has 0 aliphatic rings. The molecule has 0 saturated heterocycles. The van der Waals surface area contributed by atoms with Gasteiger partial charge in [-0.05, 0) is 20.1 Å². The van der Waals surface area contributed by atoms with Crippen LogP contribution in [0.1, 0.15) is 0 Å². The minimum absolute atomic E-state index is 1.05. The van der Waals surface area contributed by atoms with Crippen molar-refractivity contribution in [3.8, 4) is 0 Å². The molecule has 0 unspecified atom stereocenters. The number of rotatable bonds is 2. The zero-order chi connectivity index (χ0) is 8.58. The first-order valence-corrected chi connectivity index (χ1v) is 12.2. The molecule has 0 rings (SSSR count). The zero-order valence-corrected chi connectivity index (χ0v) is 11.4. The highest BCUT2D eigenvalue weighted by Crippen LogP contribution is 2.21. The lowest BCUT2D eigenvalue weighted by atomic mass is 11.6. The highest BCUT2D eigenvalue weighted by Gasteiger charge is 2.32. The Bertz CT molecular complexity index is 99.9. The van der Waals surface area contributed by atoms with Gasteiger partial charge in [0.25, 0.3) is 0 Å². The third kappa shape index (κ3) is 3.32. The summed E-state index contributed by atoms with van der Waals surface area (Å²) in [6, 6.07) is 0. The van der Waals surface area contributed by atoms with Gasteiger partial charge in [-0.3, -0.25) is 0 Å². The molecule has 0 aromatic heterocycles. The van der Waals surface area contributed by atoms with E-state index in [1.165, 1.54) is 0 Å². The van der Waals surface area contributed by atoms with E-state index in [4.69, 9.17) is 0 Å². The maximum atomic E-state index is 3.78. The Balaban J connectivity index is 4.23. The maximum Gasteiger partial charge on any atom is 0.189 e. The van der Waals surface area contributed by atoms with Crippen molar-refractivity contribution in [3.63, 3.8) is 0 Å². The van der Waals surface area contributed by atoms with Gasteiger partial charge in [-0.1, -0.05) is 19.6 Å². The predicted molar refractivity (Wildman–Crippen MR) is 57.5 cm³/mol. The molecule has 0 fully saturated rings. The largest absolute Gasteiger partial charge is 0.340 e. The van der Waals surface area contributed by atoms with Crippen LogP contribution in [-0.4, -0.2) is 26.4 Å². The third-order valence-corrected chi connectivity index (χ3v) is 11.7. The van der Waals surface area contributed by atoms with Crippen LogP contribution in [0.2, 0.25) is 32.7 Å². The second-order valence-corrected chi connectivity index (χ2v) is 18.9. The van der Waals surface area contributed by atoms with Crippen molar-refractivity contribution in [2.45, 2.75) is 32.7 Å². The van der Waals surface area contributed by atoms with Gasteiger partial charge in [0.15, 0.2) is 6.85 Å². The van der Waals surface area contributed by atoms with Crippen molar-refractivity contribution in [2.24, 2.45) is 0 Å². The lowest BCUT2D eigenvalue weighted by Crippen LogP contribution is -2.54. The lowest BCUT2D eigenvalue weighted by Gasteiger charge is -2.38. The molecule has 4 heteroatoms. The van der Waals surface area contributed by atoms with Crippen LogP contribution < -0.4 is 0 Å². The molecule has 0 aliphatic heterocycles. The Labute approximate surface area is 74.6 Å². The zero-order valence-electron chi connectivity index (χ0n) is 7.83. The summed E-state index contributed by atoms with van der Waals surface area (Å²) < 4.78 is 2.57. The van der Waals surface area contributed by atoms with Gasteiger partial charge in [0.2, 0.25) is 0 Å². The van der Waals surface area contributed by atoms with Gasteiger partial charge >= 0.3 is 0 Å². The summed E-state index contributed by atoms with van der Waals surface area (Å²) in [6.07, 6.45) is 0. The molecule has 0 bridgehead atoms. The fourth-order valence-electron chi connectivity index (χ4n) is 0.798. The van der Waals surface area contributed by atoms with Crippen molar-refractivity contribution < 1.29 is 0 Å². The van der Waals surface area contributed by atoms with Crippen LogP contribution in [0.3, 0.4) is 0 Å². The molecule has 0 N–H and O–H groups in total. The summed E-state index contributed by atoms with van der Waals surface area (Å²) in [6.45, 7) is 10.6. The molecular formula is C6H18BrNSi2. The lowest BCUT2D eigenvalue weighted by molar-refractivity contribution is 0.778. The number of hydrogen-bond acceptors (Lipinski definition) is 1. The molecule has 1 nitrogen and oxygen atoms in total. The van der Waals surface area contributed by atoms with Crippen LogP contribution >= 0.6 is 15.3 Å². The Morgan fingerprint density at radius 3 is 1.30 bits per heavy atom.